The second kappa shape index (κ2) is 5.19. The number of hydrogen-bond acceptors (Lipinski definition) is 2. The van der Waals surface area contributed by atoms with Crippen LogP contribution in [0.3, 0.4) is 0 Å². The lowest BCUT2D eigenvalue weighted by Crippen LogP contribution is -2.04. The van der Waals surface area contributed by atoms with Gasteiger partial charge in [-0.05, 0) is 24.3 Å². The molecule has 0 aliphatic heterocycles. The average Bonchev–Trinajstić information content (AvgIpc) is 2.32. The fourth-order valence-electron chi connectivity index (χ4n) is 1.51. The van der Waals surface area contributed by atoms with E-state index in [4.69, 9.17) is 5.73 Å². The number of hydrogen-bond donors (Lipinski definition) is 2. The molecule has 0 atom stereocenters. The zero-order valence-electron chi connectivity index (χ0n) is 9.08. The van der Waals surface area contributed by atoms with E-state index < -0.39 is 0 Å². The van der Waals surface area contributed by atoms with Crippen LogP contribution in [0.4, 0.5) is 15.8 Å². The number of rotatable bonds is 3. The summed E-state index contributed by atoms with van der Waals surface area (Å²) in [6.45, 7) is 0.410. The minimum Gasteiger partial charge on any atom is -0.397 e. The fourth-order valence-corrected chi connectivity index (χ4v) is 1.87. The molecule has 0 aliphatic rings. The molecular weight excluding hydrogens is 283 g/mol. The third kappa shape index (κ3) is 2.97. The highest BCUT2D eigenvalue weighted by Gasteiger charge is 2.03. The number of benzene rings is 2. The van der Waals surface area contributed by atoms with E-state index in [0.29, 0.717) is 17.8 Å². The summed E-state index contributed by atoms with van der Waals surface area (Å²) in [6.07, 6.45) is 0. The number of halogens is 2. The van der Waals surface area contributed by atoms with Crippen LogP contribution in [-0.2, 0) is 6.54 Å². The maximum absolute atomic E-state index is 13.4. The van der Waals surface area contributed by atoms with Gasteiger partial charge in [0.1, 0.15) is 5.82 Å². The molecule has 0 bridgehead atoms. The van der Waals surface area contributed by atoms with Crippen molar-refractivity contribution in [1.82, 2.24) is 0 Å². The summed E-state index contributed by atoms with van der Waals surface area (Å²) in [5.41, 5.74) is 7.87. The number of anilines is 2. The van der Waals surface area contributed by atoms with Gasteiger partial charge in [0.05, 0.1) is 11.4 Å². The molecule has 0 amide bonds. The van der Waals surface area contributed by atoms with Crippen molar-refractivity contribution >= 4 is 27.3 Å². The molecule has 0 heterocycles. The summed E-state index contributed by atoms with van der Waals surface area (Å²) in [5.74, 6) is -0.214. The molecule has 2 aromatic carbocycles. The van der Waals surface area contributed by atoms with Gasteiger partial charge in [-0.25, -0.2) is 4.39 Å². The van der Waals surface area contributed by atoms with Crippen LogP contribution in [-0.4, -0.2) is 0 Å². The highest BCUT2D eigenvalue weighted by Crippen LogP contribution is 2.24. The number of nitrogens with two attached hydrogens (primary N) is 1. The van der Waals surface area contributed by atoms with E-state index in [1.807, 2.05) is 18.2 Å². The Morgan fingerprint density at radius 1 is 1.18 bits per heavy atom. The second-order valence-corrected chi connectivity index (χ2v) is 4.59. The molecule has 3 N–H and O–H groups in total. The molecule has 0 saturated heterocycles. The van der Waals surface area contributed by atoms with Crippen molar-refractivity contribution in [2.24, 2.45) is 0 Å². The van der Waals surface area contributed by atoms with E-state index in [1.165, 1.54) is 6.07 Å². The SMILES string of the molecule is Nc1ccc(Br)cc1NCc1ccccc1F. The van der Waals surface area contributed by atoms with Crippen molar-refractivity contribution in [3.63, 3.8) is 0 Å². The molecule has 2 aromatic rings. The largest absolute Gasteiger partial charge is 0.397 e. The summed E-state index contributed by atoms with van der Waals surface area (Å²) in [4.78, 5) is 0. The van der Waals surface area contributed by atoms with Gasteiger partial charge < -0.3 is 11.1 Å². The van der Waals surface area contributed by atoms with Crippen molar-refractivity contribution in [3.8, 4) is 0 Å². The molecule has 0 spiro atoms. The van der Waals surface area contributed by atoms with Crippen molar-refractivity contribution in [1.29, 1.82) is 0 Å². The van der Waals surface area contributed by atoms with Crippen LogP contribution < -0.4 is 11.1 Å². The first kappa shape index (κ1) is 11.9. The summed E-state index contributed by atoms with van der Waals surface area (Å²) in [6, 6.07) is 12.2. The first-order valence-electron chi connectivity index (χ1n) is 5.19. The van der Waals surface area contributed by atoms with Crippen LogP contribution in [0.1, 0.15) is 5.56 Å². The first-order chi connectivity index (χ1) is 8.16. The second-order valence-electron chi connectivity index (χ2n) is 3.68. The van der Waals surface area contributed by atoms with Crippen LogP contribution in [0.2, 0.25) is 0 Å². The van der Waals surface area contributed by atoms with Gasteiger partial charge in [-0.15, -0.1) is 0 Å². The molecule has 88 valence electrons. The van der Waals surface area contributed by atoms with Gasteiger partial charge in [0.15, 0.2) is 0 Å². The third-order valence-electron chi connectivity index (χ3n) is 2.44. The predicted octanol–water partition coefficient (Wildman–Crippen LogP) is 3.78. The Labute approximate surface area is 108 Å². The van der Waals surface area contributed by atoms with Gasteiger partial charge in [-0.2, -0.15) is 0 Å². The minimum atomic E-state index is -0.214. The van der Waals surface area contributed by atoms with E-state index in [1.54, 1.807) is 18.2 Å². The summed E-state index contributed by atoms with van der Waals surface area (Å²) >= 11 is 3.37. The van der Waals surface area contributed by atoms with Crippen LogP contribution in [0.25, 0.3) is 0 Å². The molecule has 0 radical (unpaired) electrons. The van der Waals surface area contributed by atoms with Crippen LogP contribution in [0.15, 0.2) is 46.9 Å². The molecule has 4 heteroatoms. The van der Waals surface area contributed by atoms with Crippen molar-refractivity contribution in [2.75, 3.05) is 11.1 Å². The maximum atomic E-state index is 13.4. The number of nitrogens with one attached hydrogen (secondary N) is 1. The van der Waals surface area contributed by atoms with Gasteiger partial charge in [0.2, 0.25) is 0 Å². The Balaban J connectivity index is 2.12. The van der Waals surface area contributed by atoms with Gasteiger partial charge in [-0.1, -0.05) is 34.1 Å². The lowest BCUT2D eigenvalue weighted by Gasteiger charge is -2.10. The van der Waals surface area contributed by atoms with E-state index in [9.17, 15) is 4.39 Å². The van der Waals surface area contributed by atoms with Crippen LogP contribution in [0.5, 0.6) is 0 Å². The lowest BCUT2D eigenvalue weighted by molar-refractivity contribution is 0.613. The zero-order chi connectivity index (χ0) is 12.3. The number of nitrogen functional groups attached to an aromatic ring is 1. The highest BCUT2D eigenvalue weighted by molar-refractivity contribution is 9.10. The Bertz CT molecular complexity index is 529. The Morgan fingerprint density at radius 3 is 2.71 bits per heavy atom. The minimum absolute atomic E-state index is 0.214. The lowest BCUT2D eigenvalue weighted by atomic mass is 10.2. The Morgan fingerprint density at radius 2 is 1.94 bits per heavy atom. The van der Waals surface area contributed by atoms with Crippen molar-refractivity contribution < 1.29 is 4.39 Å². The Hall–Kier alpha value is -1.55. The average molecular weight is 295 g/mol. The summed E-state index contributed by atoms with van der Waals surface area (Å²) in [7, 11) is 0. The maximum Gasteiger partial charge on any atom is 0.128 e. The van der Waals surface area contributed by atoms with Crippen LogP contribution in [0, 0.1) is 5.82 Å². The molecule has 0 fully saturated rings. The van der Waals surface area contributed by atoms with Gasteiger partial charge in [-0.3, -0.25) is 0 Å². The molecular formula is C13H12BrFN2. The molecule has 0 aliphatic carbocycles. The smallest absolute Gasteiger partial charge is 0.128 e. The fraction of sp³-hybridized carbons (Fsp3) is 0.0769. The molecule has 0 saturated carbocycles. The van der Waals surface area contributed by atoms with Crippen molar-refractivity contribution in [2.45, 2.75) is 6.54 Å². The summed E-state index contributed by atoms with van der Waals surface area (Å²) < 4.78 is 14.3. The van der Waals surface area contributed by atoms with Crippen molar-refractivity contribution in [3.05, 3.63) is 58.3 Å². The third-order valence-corrected chi connectivity index (χ3v) is 2.94. The predicted molar refractivity (Wildman–Crippen MR) is 72.3 cm³/mol. The van der Waals surface area contributed by atoms with Gasteiger partial charge in [0, 0.05) is 16.6 Å². The zero-order valence-corrected chi connectivity index (χ0v) is 10.7. The van der Waals surface area contributed by atoms with E-state index in [0.717, 1.165) is 10.2 Å². The Kier molecular flexibility index (Phi) is 3.64. The topological polar surface area (TPSA) is 38.0 Å². The van der Waals surface area contributed by atoms with E-state index in [2.05, 4.69) is 21.2 Å². The highest BCUT2D eigenvalue weighted by atomic mass is 79.9. The van der Waals surface area contributed by atoms with Gasteiger partial charge in [0.25, 0.3) is 0 Å². The monoisotopic (exact) mass is 294 g/mol. The molecule has 0 unspecified atom stereocenters. The molecule has 17 heavy (non-hydrogen) atoms. The normalized spacial score (nSPS) is 10.2. The molecule has 2 nitrogen and oxygen atoms in total. The van der Waals surface area contributed by atoms with Gasteiger partial charge >= 0.3 is 0 Å². The molecule has 0 aromatic heterocycles. The first-order valence-corrected chi connectivity index (χ1v) is 5.98. The summed E-state index contributed by atoms with van der Waals surface area (Å²) in [5, 5.41) is 3.12. The van der Waals surface area contributed by atoms with Crippen LogP contribution >= 0.6 is 15.9 Å². The molecule has 2 rings (SSSR count). The quantitative estimate of drug-likeness (QED) is 0.846. The van der Waals surface area contributed by atoms with E-state index >= 15 is 0 Å². The van der Waals surface area contributed by atoms with E-state index in [-0.39, 0.29) is 5.82 Å². The standard InChI is InChI=1S/C13H12BrFN2/c14-10-5-6-12(16)13(7-10)17-8-9-3-1-2-4-11(9)15/h1-7,17H,8,16H2.